The summed E-state index contributed by atoms with van der Waals surface area (Å²) in [5.74, 6) is 0. The SMILES string of the molecule is c1ccc(-n2c3ccccc3c3cc(-n4c5ccccc5c5cc(-c6ccc7c(c6)c6ccccc6n7-c6cccc(-c7ccc8sc9ccccc9c8c7)c6)ccc54)ccc32)cc1. The maximum absolute atomic E-state index is 2.44. The van der Waals surface area contributed by atoms with Crippen molar-refractivity contribution in [2.75, 3.05) is 0 Å². The van der Waals surface area contributed by atoms with Gasteiger partial charge in [-0.15, -0.1) is 11.3 Å². The molecule has 0 aliphatic rings. The third kappa shape index (κ3) is 5.21. The van der Waals surface area contributed by atoms with Crippen molar-refractivity contribution in [2.24, 2.45) is 0 Å². The number of rotatable bonds is 5. The molecule has 0 bridgehead atoms. The van der Waals surface area contributed by atoms with E-state index in [2.05, 4.69) is 238 Å². The summed E-state index contributed by atoms with van der Waals surface area (Å²) in [4.78, 5) is 0. The number of aromatic nitrogens is 3. The Labute approximate surface area is 372 Å². The van der Waals surface area contributed by atoms with Crippen LogP contribution in [0.25, 0.3) is 125 Å². The maximum Gasteiger partial charge on any atom is 0.0542 e. The third-order valence-electron chi connectivity index (χ3n) is 13.4. The van der Waals surface area contributed by atoms with Crippen LogP contribution >= 0.6 is 11.3 Å². The van der Waals surface area contributed by atoms with Crippen molar-refractivity contribution < 1.29 is 0 Å². The molecule has 64 heavy (non-hydrogen) atoms. The number of benzene rings is 10. The van der Waals surface area contributed by atoms with E-state index < -0.39 is 0 Å². The smallest absolute Gasteiger partial charge is 0.0542 e. The zero-order chi connectivity index (χ0) is 41.9. The Kier molecular flexibility index (Phi) is 7.56. The molecule has 298 valence electrons. The highest BCUT2D eigenvalue weighted by atomic mass is 32.1. The van der Waals surface area contributed by atoms with Gasteiger partial charge in [0.2, 0.25) is 0 Å². The van der Waals surface area contributed by atoms with Crippen LogP contribution in [-0.4, -0.2) is 13.7 Å². The topological polar surface area (TPSA) is 14.8 Å². The van der Waals surface area contributed by atoms with Gasteiger partial charge in [-0.1, -0.05) is 121 Å². The minimum Gasteiger partial charge on any atom is -0.309 e. The summed E-state index contributed by atoms with van der Waals surface area (Å²) < 4.78 is 9.91. The maximum atomic E-state index is 2.44. The summed E-state index contributed by atoms with van der Waals surface area (Å²) in [7, 11) is 0. The highest BCUT2D eigenvalue weighted by molar-refractivity contribution is 7.25. The second kappa shape index (κ2) is 13.7. The lowest BCUT2D eigenvalue weighted by Gasteiger charge is -2.11. The molecule has 0 amide bonds. The van der Waals surface area contributed by atoms with Gasteiger partial charge in [-0.25, -0.2) is 0 Å². The standard InChI is InChI=1S/C60H37N3S/c1-2-14-42(15-3-1)61-53-21-8-6-19-47(53)51-37-44(28-31-58(51)61)63-55-23-10-5-18-46(55)50-35-40(26-30-57(50)63)39-25-29-56-49(34-39)45-17-4-9-22-54(45)62(56)43-16-12-13-38(33-43)41-27-32-60-52(36-41)48-20-7-11-24-59(48)64-60/h1-37H. The van der Waals surface area contributed by atoms with Crippen molar-refractivity contribution in [3.05, 3.63) is 224 Å². The molecule has 4 aromatic heterocycles. The summed E-state index contributed by atoms with van der Waals surface area (Å²) in [5, 5.41) is 10.1. The zero-order valence-corrected chi connectivity index (χ0v) is 35.4. The molecule has 0 fully saturated rings. The van der Waals surface area contributed by atoms with Crippen LogP contribution in [-0.2, 0) is 0 Å². The van der Waals surface area contributed by atoms with E-state index in [1.807, 2.05) is 11.3 Å². The average Bonchev–Trinajstić information content (AvgIpc) is 4.10. The molecular formula is C60H37N3S. The summed E-state index contributed by atoms with van der Waals surface area (Å²) in [6.07, 6.45) is 0. The van der Waals surface area contributed by atoms with Gasteiger partial charge >= 0.3 is 0 Å². The molecule has 14 aromatic rings. The van der Waals surface area contributed by atoms with E-state index >= 15 is 0 Å². The Morgan fingerprint density at radius 1 is 0.219 bits per heavy atom. The minimum absolute atomic E-state index is 1.15. The van der Waals surface area contributed by atoms with Crippen molar-refractivity contribution >= 4 is 96.9 Å². The molecule has 0 atom stereocenters. The largest absolute Gasteiger partial charge is 0.309 e. The van der Waals surface area contributed by atoms with Crippen molar-refractivity contribution in [2.45, 2.75) is 0 Å². The van der Waals surface area contributed by atoms with Gasteiger partial charge in [0.15, 0.2) is 0 Å². The molecular weight excluding hydrogens is 795 g/mol. The van der Waals surface area contributed by atoms with Crippen LogP contribution in [0, 0.1) is 0 Å². The van der Waals surface area contributed by atoms with E-state index in [0.717, 1.165) is 11.4 Å². The highest BCUT2D eigenvalue weighted by Gasteiger charge is 2.19. The van der Waals surface area contributed by atoms with Crippen LogP contribution in [0.4, 0.5) is 0 Å². The predicted molar refractivity (Wildman–Crippen MR) is 273 cm³/mol. The number of thiophene rings is 1. The van der Waals surface area contributed by atoms with Crippen molar-refractivity contribution in [3.8, 4) is 39.3 Å². The first-order valence-electron chi connectivity index (χ1n) is 21.9. The predicted octanol–water partition coefficient (Wildman–Crippen LogP) is 16.7. The molecule has 3 nitrogen and oxygen atoms in total. The second-order valence-corrected chi connectivity index (χ2v) is 18.0. The Morgan fingerprint density at radius 2 is 0.625 bits per heavy atom. The number of hydrogen-bond acceptors (Lipinski definition) is 1. The van der Waals surface area contributed by atoms with Crippen molar-refractivity contribution in [3.63, 3.8) is 0 Å². The molecule has 4 heteroatoms. The molecule has 0 saturated heterocycles. The normalized spacial score (nSPS) is 12.1. The Bertz CT molecular complexity index is 4200. The number of fused-ring (bicyclic) bond motifs is 12. The van der Waals surface area contributed by atoms with Gasteiger partial charge in [-0.3, -0.25) is 0 Å². The van der Waals surface area contributed by atoms with Crippen LogP contribution in [0.2, 0.25) is 0 Å². The van der Waals surface area contributed by atoms with Crippen molar-refractivity contribution in [1.82, 2.24) is 13.7 Å². The zero-order valence-electron chi connectivity index (χ0n) is 34.6. The number of para-hydroxylation sites is 4. The summed E-state index contributed by atoms with van der Waals surface area (Å²) in [6.45, 7) is 0. The number of hydrogen-bond donors (Lipinski definition) is 0. The highest BCUT2D eigenvalue weighted by Crippen LogP contribution is 2.41. The summed E-state index contributed by atoms with van der Waals surface area (Å²) >= 11 is 1.86. The van der Waals surface area contributed by atoms with Crippen LogP contribution in [0.15, 0.2) is 224 Å². The van der Waals surface area contributed by atoms with E-state index in [9.17, 15) is 0 Å². The molecule has 0 aliphatic carbocycles. The van der Waals surface area contributed by atoms with E-state index in [0.29, 0.717) is 0 Å². The van der Waals surface area contributed by atoms with E-state index in [4.69, 9.17) is 0 Å². The molecule has 10 aromatic carbocycles. The summed E-state index contributed by atoms with van der Waals surface area (Å²) in [6, 6.07) is 82.7. The van der Waals surface area contributed by atoms with Gasteiger partial charge < -0.3 is 13.7 Å². The Balaban J connectivity index is 0.891. The molecule has 14 rings (SSSR count). The fraction of sp³-hybridized carbons (Fsp3) is 0. The number of nitrogens with zero attached hydrogens (tertiary/aromatic N) is 3. The minimum atomic E-state index is 1.15. The van der Waals surface area contributed by atoms with Gasteiger partial charge in [0.25, 0.3) is 0 Å². The first-order chi connectivity index (χ1) is 31.7. The Hall–Kier alpha value is -8.18. The van der Waals surface area contributed by atoms with E-state index in [1.165, 1.54) is 114 Å². The molecule has 0 saturated carbocycles. The van der Waals surface area contributed by atoms with Gasteiger partial charge in [0.1, 0.15) is 0 Å². The fourth-order valence-electron chi connectivity index (χ4n) is 10.5. The average molecular weight is 832 g/mol. The van der Waals surface area contributed by atoms with Crippen molar-refractivity contribution in [1.29, 1.82) is 0 Å². The van der Waals surface area contributed by atoms with Gasteiger partial charge in [-0.2, -0.15) is 0 Å². The quantitative estimate of drug-likeness (QED) is 0.164. The molecule has 4 heterocycles. The third-order valence-corrected chi connectivity index (χ3v) is 14.6. The molecule has 0 unspecified atom stereocenters. The second-order valence-electron chi connectivity index (χ2n) is 16.9. The molecule has 0 radical (unpaired) electrons. The van der Waals surface area contributed by atoms with Gasteiger partial charge in [-0.05, 0) is 125 Å². The monoisotopic (exact) mass is 831 g/mol. The van der Waals surface area contributed by atoms with Gasteiger partial charge in [0.05, 0.1) is 33.1 Å². The molecule has 0 aliphatic heterocycles. The lowest BCUT2D eigenvalue weighted by molar-refractivity contribution is 1.17. The lowest BCUT2D eigenvalue weighted by Crippen LogP contribution is -1.95. The first kappa shape index (κ1) is 35.4. The van der Waals surface area contributed by atoms with E-state index in [1.54, 1.807) is 0 Å². The van der Waals surface area contributed by atoms with Crippen LogP contribution < -0.4 is 0 Å². The Morgan fingerprint density at radius 3 is 1.25 bits per heavy atom. The van der Waals surface area contributed by atoms with Crippen LogP contribution in [0.1, 0.15) is 0 Å². The van der Waals surface area contributed by atoms with Crippen LogP contribution in [0.3, 0.4) is 0 Å². The molecule has 0 spiro atoms. The van der Waals surface area contributed by atoms with Crippen LogP contribution in [0.5, 0.6) is 0 Å². The van der Waals surface area contributed by atoms with Gasteiger partial charge in [0, 0.05) is 69.6 Å². The molecule has 0 N–H and O–H groups in total. The fourth-order valence-corrected chi connectivity index (χ4v) is 11.6. The van der Waals surface area contributed by atoms with E-state index in [-0.39, 0.29) is 0 Å². The summed E-state index contributed by atoms with van der Waals surface area (Å²) in [5.41, 5.74) is 15.5. The lowest BCUT2D eigenvalue weighted by atomic mass is 10.0. The first-order valence-corrected chi connectivity index (χ1v) is 22.7.